The highest BCUT2D eigenvalue weighted by molar-refractivity contribution is 5.87. The molecule has 0 aliphatic rings. The van der Waals surface area contributed by atoms with E-state index in [0.717, 1.165) is 27.9 Å². The fourth-order valence-electron chi connectivity index (χ4n) is 2.09. The number of carbonyl (C=O) groups is 1. The van der Waals surface area contributed by atoms with E-state index in [1.807, 2.05) is 38.1 Å². The summed E-state index contributed by atoms with van der Waals surface area (Å²) in [5.41, 5.74) is 2.69. The van der Waals surface area contributed by atoms with Gasteiger partial charge in [-0.1, -0.05) is 12.1 Å². The largest absolute Gasteiger partial charge is 0.492 e. The van der Waals surface area contributed by atoms with Gasteiger partial charge in [0.25, 0.3) is 0 Å². The second-order valence-corrected chi connectivity index (χ2v) is 4.41. The number of carboxylic acids is 1. The second kappa shape index (κ2) is 5.69. The number of aliphatic carboxylic acids is 1. The van der Waals surface area contributed by atoms with Crippen molar-refractivity contribution in [3.8, 4) is 5.75 Å². The number of ether oxygens (including phenoxy) is 1. The molecule has 0 saturated heterocycles. The average molecular weight is 259 g/mol. The van der Waals surface area contributed by atoms with Gasteiger partial charge in [-0.05, 0) is 31.5 Å². The maximum Gasteiger partial charge on any atom is 0.303 e. The summed E-state index contributed by atoms with van der Waals surface area (Å²) in [7, 11) is 0. The Morgan fingerprint density at radius 2 is 2.21 bits per heavy atom. The van der Waals surface area contributed by atoms with Crippen molar-refractivity contribution in [2.75, 3.05) is 6.61 Å². The number of aryl methyl sites for hydroxylation is 2. The Kier molecular flexibility index (Phi) is 4.00. The molecule has 19 heavy (non-hydrogen) atoms. The standard InChI is InChI=1S/C15H17NO3/c1-3-19-13-6-4-5-12-10(2)9-11(16-15(12)13)7-8-14(17)18/h4-6,9H,3,7-8H2,1-2H3,(H,17,18). The summed E-state index contributed by atoms with van der Waals surface area (Å²) >= 11 is 0. The molecular weight excluding hydrogens is 242 g/mol. The highest BCUT2D eigenvalue weighted by Crippen LogP contribution is 2.27. The van der Waals surface area contributed by atoms with Crippen LogP contribution in [0.15, 0.2) is 24.3 Å². The quantitative estimate of drug-likeness (QED) is 0.896. The van der Waals surface area contributed by atoms with E-state index in [-0.39, 0.29) is 6.42 Å². The number of para-hydroxylation sites is 1. The summed E-state index contributed by atoms with van der Waals surface area (Å²) in [6.45, 7) is 4.52. The number of hydrogen-bond donors (Lipinski definition) is 1. The Labute approximate surface area is 112 Å². The van der Waals surface area contributed by atoms with E-state index < -0.39 is 5.97 Å². The van der Waals surface area contributed by atoms with Crippen LogP contribution in [0.25, 0.3) is 10.9 Å². The monoisotopic (exact) mass is 259 g/mol. The van der Waals surface area contributed by atoms with Crippen LogP contribution in [-0.4, -0.2) is 22.7 Å². The SMILES string of the molecule is CCOc1cccc2c(C)cc(CCC(=O)O)nc12. The number of rotatable bonds is 5. The zero-order valence-corrected chi connectivity index (χ0v) is 11.1. The molecule has 0 radical (unpaired) electrons. The van der Waals surface area contributed by atoms with Gasteiger partial charge in [0, 0.05) is 17.5 Å². The molecule has 0 atom stereocenters. The van der Waals surface area contributed by atoms with Gasteiger partial charge in [-0.3, -0.25) is 4.79 Å². The van der Waals surface area contributed by atoms with Crippen LogP contribution >= 0.6 is 0 Å². The zero-order valence-electron chi connectivity index (χ0n) is 11.1. The van der Waals surface area contributed by atoms with Gasteiger partial charge in [0.2, 0.25) is 0 Å². The van der Waals surface area contributed by atoms with E-state index in [9.17, 15) is 4.79 Å². The Morgan fingerprint density at radius 3 is 2.89 bits per heavy atom. The van der Waals surface area contributed by atoms with Crippen molar-refractivity contribution < 1.29 is 14.6 Å². The smallest absolute Gasteiger partial charge is 0.303 e. The van der Waals surface area contributed by atoms with E-state index in [2.05, 4.69) is 4.98 Å². The van der Waals surface area contributed by atoms with Gasteiger partial charge in [-0.25, -0.2) is 4.98 Å². The Morgan fingerprint density at radius 1 is 1.42 bits per heavy atom. The molecule has 1 aromatic heterocycles. The highest BCUT2D eigenvalue weighted by Gasteiger charge is 2.09. The number of benzene rings is 1. The van der Waals surface area contributed by atoms with Crippen molar-refractivity contribution in [2.45, 2.75) is 26.7 Å². The molecule has 0 aliphatic heterocycles. The van der Waals surface area contributed by atoms with E-state index >= 15 is 0 Å². The molecule has 2 aromatic rings. The van der Waals surface area contributed by atoms with Gasteiger partial charge in [0.1, 0.15) is 11.3 Å². The van der Waals surface area contributed by atoms with Crippen LogP contribution in [-0.2, 0) is 11.2 Å². The maximum atomic E-state index is 10.6. The molecular formula is C15H17NO3. The Bertz CT molecular complexity index is 608. The van der Waals surface area contributed by atoms with Gasteiger partial charge >= 0.3 is 5.97 Å². The number of carboxylic acid groups (broad SMARTS) is 1. The number of aromatic nitrogens is 1. The van der Waals surface area contributed by atoms with Crippen LogP contribution in [0.4, 0.5) is 0 Å². The topological polar surface area (TPSA) is 59.4 Å². The summed E-state index contributed by atoms with van der Waals surface area (Å²) in [4.78, 5) is 15.2. The van der Waals surface area contributed by atoms with Crippen LogP contribution in [0, 0.1) is 6.92 Å². The van der Waals surface area contributed by atoms with Crippen molar-refractivity contribution >= 4 is 16.9 Å². The number of hydrogen-bond acceptors (Lipinski definition) is 3. The predicted molar refractivity (Wildman–Crippen MR) is 73.6 cm³/mol. The maximum absolute atomic E-state index is 10.6. The molecule has 0 fully saturated rings. The molecule has 1 heterocycles. The van der Waals surface area contributed by atoms with Gasteiger partial charge in [0.05, 0.1) is 13.0 Å². The fraction of sp³-hybridized carbons (Fsp3) is 0.333. The van der Waals surface area contributed by atoms with Gasteiger partial charge in [0.15, 0.2) is 0 Å². The van der Waals surface area contributed by atoms with E-state index in [1.54, 1.807) is 0 Å². The minimum Gasteiger partial charge on any atom is -0.492 e. The lowest BCUT2D eigenvalue weighted by atomic mass is 10.1. The van der Waals surface area contributed by atoms with Crippen LogP contribution in [0.5, 0.6) is 5.75 Å². The average Bonchev–Trinajstić information content (AvgIpc) is 2.38. The summed E-state index contributed by atoms with van der Waals surface area (Å²) in [5, 5.41) is 9.79. The van der Waals surface area contributed by atoms with Crippen molar-refractivity contribution in [1.29, 1.82) is 0 Å². The number of nitrogens with zero attached hydrogens (tertiary/aromatic N) is 1. The molecule has 0 saturated carbocycles. The molecule has 1 aromatic carbocycles. The minimum atomic E-state index is -0.808. The fourth-order valence-corrected chi connectivity index (χ4v) is 2.09. The first-order valence-corrected chi connectivity index (χ1v) is 6.35. The van der Waals surface area contributed by atoms with Gasteiger partial charge in [-0.2, -0.15) is 0 Å². The van der Waals surface area contributed by atoms with E-state index in [4.69, 9.17) is 9.84 Å². The van der Waals surface area contributed by atoms with Crippen molar-refractivity contribution in [3.63, 3.8) is 0 Å². The van der Waals surface area contributed by atoms with Crippen molar-refractivity contribution in [3.05, 3.63) is 35.5 Å². The van der Waals surface area contributed by atoms with Crippen LogP contribution in [0.2, 0.25) is 0 Å². The molecule has 0 bridgehead atoms. The van der Waals surface area contributed by atoms with Crippen LogP contribution in [0.3, 0.4) is 0 Å². The lowest BCUT2D eigenvalue weighted by molar-refractivity contribution is -0.136. The lowest BCUT2D eigenvalue weighted by Crippen LogP contribution is -2.01. The second-order valence-electron chi connectivity index (χ2n) is 4.41. The first-order valence-electron chi connectivity index (χ1n) is 6.35. The molecule has 0 amide bonds. The van der Waals surface area contributed by atoms with Crippen LogP contribution in [0.1, 0.15) is 24.6 Å². The molecule has 4 nitrogen and oxygen atoms in total. The number of pyridine rings is 1. The van der Waals surface area contributed by atoms with Gasteiger partial charge in [-0.15, -0.1) is 0 Å². The van der Waals surface area contributed by atoms with Crippen molar-refractivity contribution in [1.82, 2.24) is 4.98 Å². The van der Waals surface area contributed by atoms with Crippen molar-refractivity contribution in [2.24, 2.45) is 0 Å². The third kappa shape index (κ3) is 3.02. The first kappa shape index (κ1) is 13.3. The number of fused-ring (bicyclic) bond motifs is 1. The third-order valence-corrected chi connectivity index (χ3v) is 2.96. The highest BCUT2D eigenvalue weighted by atomic mass is 16.5. The van der Waals surface area contributed by atoms with Gasteiger partial charge < -0.3 is 9.84 Å². The zero-order chi connectivity index (χ0) is 13.8. The summed E-state index contributed by atoms with van der Waals surface area (Å²) in [6.07, 6.45) is 0.529. The van der Waals surface area contributed by atoms with E-state index in [1.165, 1.54) is 0 Å². The summed E-state index contributed by atoms with van der Waals surface area (Å²) in [5.74, 6) is -0.0575. The summed E-state index contributed by atoms with van der Waals surface area (Å²) in [6, 6.07) is 7.78. The van der Waals surface area contributed by atoms with E-state index in [0.29, 0.717) is 13.0 Å². The molecule has 4 heteroatoms. The minimum absolute atomic E-state index is 0.0920. The molecule has 0 spiro atoms. The summed E-state index contributed by atoms with van der Waals surface area (Å²) < 4.78 is 5.58. The normalized spacial score (nSPS) is 10.6. The molecule has 2 rings (SSSR count). The first-order chi connectivity index (χ1) is 9.11. The predicted octanol–water partition coefficient (Wildman–Crippen LogP) is 2.96. The third-order valence-electron chi connectivity index (χ3n) is 2.96. The Balaban J connectivity index is 2.46. The molecule has 100 valence electrons. The Hall–Kier alpha value is -2.10. The molecule has 1 N–H and O–H groups in total. The molecule has 0 aliphatic carbocycles. The molecule has 0 unspecified atom stereocenters. The van der Waals surface area contributed by atoms with Crippen LogP contribution < -0.4 is 4.74 Å². The lowest BCUT2D eigenvalue weighted by Gasteiger charge is -2.10.